The van der Waals surface area contributed by atoms with Crippen molar-refractivity contribution >= 4 is 11.9 Å². The zero-order chi connectivity index (χ0) is 20.5. The Morgan fingerprint density at radius 3 is 2.76 bits per heavy atom. The summed E-state index contributed by atoms with van der Waals surface area (Å²) in [5, 5.41) is 9.76. The van der Waals surface area contributed by atoms with E-state index in [1.807, 2.05) is 24.3 Å². The summed E-state index contributed by atoms with van der Waals surface area (Å²) in [5.74, 6) is 1.44. The van der Waals surface area contributed by atoms with Gasteiger partial charge in [-0.3, -0.25) is 9.79 Å². The van der Waals surface area contributed by atoms with Gasteiger partial charge in [-0.1, -0.05) is 18.6 Å². The third-order valence-corrected chi connectivity index (χ3v) is 5.78. The average Bonchev–Trinajstić information content (AvgIpc) is 3.51. The third-order valence-electron chi connectivity index (χ3n) is 5.78. The van der Waals surface area contributed by atoms with Gasteiger partial charge in [0, 0.05) is 39.9 Å². The average molecular weight is 403 g/mol. The molecule has 0 aliphatic heterocycles. The molecule has 3 rings (SSSR count). The van der Waals surface area contributed by atoms with Crippen LogP contribution in [0.4, 0.5) is 0 Å². The largest absolute Gasteiger partial charge is 0.484 e. The zero-order valence-electron chi connectivity index (χ0n) is 17.6. The number of nitrogens with zero attached hydrogens (tertiary/aromatic N) is 1. The van der Waals surface area contributed by atoms with E-state index in [2.05, 4.69) is 20.9 Å². The van der Waals surface area contributed by atoms with Gasteiger partial charge in [0.05, 0.1) is 0 Å². The molecule has 7 heteroatoms. The maximum Gasteiger partial charge on any atom is 0.258 e. The van der Waals surface area contributed by atoms with Crippen LogP contribution in [0.3, 0.4) is 0 Å². The highest BCUT2D eigenvalue weighted by molar-refractivity contribution is 5.79. The van der Waals surface area contributed by atoms with Gasteiger partial charge in [0.15, 0.2) is 12.6 Å². The van der Waals surface area contributed by atoms with Gasteiger partial charge >= 0.3 is 0 Å². The van der Waals surface area contributed by atoms with Crippen molar-refractivity contribution in [1.29, 1.82) is 0 Å². The molecular weight excluding hydrogens is 368 g/mol. The third kappa shape index (κ3) is 6.92. The van der Waals surface area contributed by atoms with E-state index in [4.69, 9.17) is 9.47 Å². The Bertz CT molecular complexity index is 699. The number of benzene rings is 1. The minimum atomic E-state index is -0.0565. The second-order valence-electron chi connectivity index (χ2n) is 8.15. The molecule has 0 bridgehead atoms. The summed E-state index contributed by atoms with van der Waals surface area (Å²) >= 11 is 0. The van der Waals surface area contributed by atoms with Gasteiger partial charge in [0.25, 0.3) is 5.91 Å². The summed E-state index contributed by atoms with van der Waals surface area (Å²) in [7, 11) is 3.55. The molecule has 1 aromatic rings. The Hall–Kier alpha value is -2.28. The Morgan fingerprint density at radius 2 is 2.10 bits per heavy atom. The number of carbonyl (C=O) groups is 1. The summed E-state index contributed by atoms with van der Waals surface area (Å²) in [5.41, 5.74) is 1.41. The maximum atomic E-state index is 11.8. The van der Waals surface area contributed by atoms with Gasteiger partial charge in [0.1, 0.15) is 5.75 Å². The Balaban J connectivity index is 1.42. The molecule has 2 aliphatic rings. The van der Waals surface area contributed by atoms with Crippen LogP contribution in [-0.2, 0) is 16.1 Å². The molecule has 7 nitrogen and oxygen atoms in total. The maximum absolute atomic E-state index is 11.8. The number of amides is 1. The second-order valence-corrected chi connectivity index (χ2v) is 8.15. The van der Waals surface area contributed by atoms with Crippen LogP contribution in [0.1, 0.15) is 44.1 Å². The topological polar surface area (TPSA) is 84.0 Å². The van der Waals surface area contributed by atoms with E-state index >= 15 is 0 Å². The van der Waals surface area contributed by atoms with Gasteiger partial charge in [-0.2, -0.15) is 0 Å². The summed E-state index contributed by atoms with van der Waals surface area (Å²) in [6, 6.07) is 8.15. The molecule has 3 N–H and O–H groups in total. The molecule has 0 unspecified atom stereocenters. The highest BCUT2D eigenvalue weighted by Crippen LogP contribution is 2.43. The van der Waals surface area contributed by atoms with Crippen LogP contribution in [-0.4, -0.2) is 51.8 Å². The van der Waals surface area contributed by atoms with Gasteiger partial charge in [-0.25, -0.2) is 0 Å². The summed E-state index contributed by atoms with van der Waals surface area (Å²) in [6.07, 6.45) is 7.03. The van der Waals surface area contributed by atoms with Gasteiger partial charge < -0.3 is 25.4 Å². The Labute approximate surface area is 173 Å². The van der Waals surface area contributed by atoms with E-state index in [1.54, 1.807) is 14.2 Å². The standard InChI is InChI=1S/C22H34N4O3/c1-23-21(25-16-22(9-4-10-22)11-12-28-2)24-14-17-5-3-6-19(13-17)29-15-20(27)26-18-7-8-18/h3,5-6,13,18H,4,7-12,14-16H2,1-2H3,(H,26,27)(H2,23,24,25). The monoisotopic (exact) mass is 402 g/mol. The van der Waals surface area contributed by atoms with Crippen molar-refractivity contribution in [2.45, 2.75) is 51.1 Å². The molecular formula is C22H34N4O3. The number of carbonyl (C=O) groups excluding carboxylic acids is 1. The van der Waals surface area contributed by atoms with Crippen molar-refractivity contribution in [3.05, 3.63) is 29.8 Å². The number of rotatable bonds is 11. The molecule has 2 saturated carbocycles. The van der Waals surface area contributed by atoms with E-state index < -0.39 is 0 Å². The molecule has 0 radical (unpaired) electrons. The van der Waals surface area contributed by atoms with Gasteiger partial charge in [-0.15, -0.1) is 0 Å². The molecule has 0 atom stereocenters. The fourth-order valence-electron chi connectivity index (χ4n) is 3.58. The lowest BCUT2D eigenvalue weighted by Gasteiger charge is -2.42. The smallest absolute Gasteiger partial charge is 0.258 e. The fourth-order valence-corrected chi connectivity index (χ4v) is 3.58. The Morgan fingerprint density at radius 1 is 1.28 bits per heavy atom. The molecule has 160 valence electrons. The first-order valence-electron chi connectivity index (χ1n) is 10.6. The lowest BCUT2D eigenvalue weighted by atomic mass is 9.67. The zero-order valence-corrected chi connectivity index (χ0v) is 17.6. The van der Waals surface area contributed by atoms with Gasteiger partial charge in [0.2, 0.25) is 0 Å². The van der Waals surface area contributed by atoms with Crippen LogP contribution in [0, 0.1) is 5.41 Å². The Kier molecular flexibility index (Phi) is 7.75. The number of hydrogen-bond donors (Lipinski definition) is 3. The number of aliphatic imine (C=N–C) groups is 1. The molecule has 1 aromatic carbocycles. The molecule has 2 fully saturated rings. The molecule has 2 aliphatic carbocycles. The van der Waals surface area contributed by atoms with Crippen LogP contribution < -0.4 is 20.7 Å². The predicted octanol–water partition coefficient (Wildman–Crippen LogP) is 2.22. The predicted molar refractivity (Wildman–Crippen MR) is 114 cm³/mol. The first-order valence-corrected chi connectivity index (χ1v) is 10.6. The molecule has 0 aromatic heterocycles. The van der Waals surface area contributed by atoms with Crippen LogP contribution in [0.15, 0.2) is 29.3 Å². The minimum Gasteiger partial charge on any atom is -0.484 e. The van der Waals surface area contributed by atoms with Crippen molar-refractivity contribution in [2.75, 3.05) is 33.9 Å². The number of methoxy groups -OCH3 is 1. The number of hydrogen-bond acceptors (Lipinski definition) is 4. The van der Waals surface area contributed by atoms with Crippen molar-refractivity contribution < 1.29 is 14.3 Å². The van der Waals surface area contributed by atoms with Crippen LogP contribution in [0.5, 0.6) is 5.75 Å². The molecule has 29 heavy (non-hydrogen) atoms. The van der Waals surface area contributed by atoms with Crippen molar-refractivity contribution in [3.8, 4) is 5.75 Å². The lowest BCUT2D eigenvalue weighted by molar-refractivity contribution is -0.123. The first-order chi connectivity index (χ1) is 14.1. The van der Waals surface area contributed by atoms with Crippen molar-refractivity contribution in [1.82, 2.24) is 16.0 Å². The first kappa shape index (κ1) is 21.4. The van der Waals surface area contributed by atoms with Gasteiger partial charge in [-0.05, 0) is 55.2 Å². The number of ether oxygens (including phenoxy) is 2. The number of guanidine groups is 1. The van der Waals surface area contributed by atoms with Crippen LogP contribution in [0.2, 0.25) is 0 Å². The summed E-state index contributed by atoms with van der Waals surface area (Å²) in [4.78, 5) is 16.1. The van der Waals surface area contributed by atoms with Crippen LogP contribution in [0.25, 0.3) is 0 Å². The fraction of sp³-hybridized carbons (Fsp3) is 0.636. The SMILES string of the molecule is CN=C(NCc1cccc(OCC(=O)NC2CC2)c1)NCC1(CCOC)CCC1. The highest BCUT2D eigenvalue weighted by Gasteiger charge is 2.36. The number of nitrogens with one attached hydrogen (secondary N) is 3. The quantitative estimate of drug-likeness (QED) is 0.390. The van der Waals surface area contributed by atoms with E-state index in [0.717, 1.165) is 43.9 Å². The second kappa shape index (κ2) is 10.5. The highest BCUT2D eigenvalue weighted by atomic mass is 16.5. The van der Waals surface area contributed by atoms with Crippen molar-refractivity contribution in [2.24, 2.45) is 10.4 Å². The van der Waals surface area contributed by atoms with Crippen LogP contribution >= 0.6 is 0 Å². The minimum absolute atomic E-state index is 0.0557. The summed E-state index contributed by atoms with van der Waals surface area (Å²) in [6.45, 7) is 2.41. The van der Waals surface area contributed by atoms with E-state index in [0.29, 0.717) is 23.8 Å². The van der Waals surface area contributed by atoms with Crippen molar-refractivity contribution in [3.63, 3.8) is 0 Å². The molecule has 0 spiro atoms. The van der Waals surface area contributed by atoms with E-state index in [-0.39, 0.29) is 12.5 Å². The normalized spacial score (nSPS) is 17.9. The summed E-state index contributed by atoms with van der Waals surface area (Å²) < 4.78 is 10.9. The molecule has 0 heterocycles. The molecule has 0 saturated heterocycles. The van der Waals surface area contributed by atoms with E-state index in [9.17, 15) is 4.79 Å². The molecule has 1 amide bonds. The van der Waals surface area contributed by atoms with E-state index in [1.165, 1.54) is 19.3 Å². The lowest BCUT2D eigenvalue weighted by Crippen LogP contribution is -2.46.